The zero-order valence-electron chi connectivity index (χ0n) is 16.5. The number of carbonyl (C=O) groups is 2. The number of hydrogen-bond acceptors (Lipinski definition) is 5. The molecule has 0 aliphatic carbocycles. The molecule has 0 aliphatic heterocycles. The first-order valence-electron chi connectivity index (χ1n) is 9.43. The Morgan fingerprint density at radius 1 is 1.22 bits per heavy atom. The molecule has 1 heterocycles. The molecule has 0 spiro atoms. The third-order valence-corrected chi connectivity index (χ3v) is 4.51. The van der Waals surface area contributed by atoms with E-state index in [0.717, 1.165) is 23.4 Å². The summed E-state index contributed by atoms with van der Waals surface area (Å²) in [7, 11) is 0. The minimum Gasteiger partial charge on any atom is -0.464 e. The number of esters is 1. The molecule has 0 unspecified atom stereocenters. The SMILES string of the molecule is CCOC(=O)[C@@H](NC(=O)CCc1nc(C)c(-c2ccccc2)o1)[C@H](C)CC. The molecule has 6 heteroatoms. The lowest BCUT2D eigenvalue weighted by Crippen LogP contribution is -2.46. The van der Waals surface area contributed by atoms with E-state index in [-0.39, 0.29) is 18.2 Å². The van der Waals surface area contributed by atoms with E-state index in [2.05, 4.69) is 10.3 Å². The summed E-state index contributed by atoms with van der Waals surface area (Å²) in [4.78, 5) is 28.8. The van der Waals surface area contributed by atoms with Crippen molar-refractivity contribution in [2.24, 2.45) is 5.92 Å². The summed E-state index contributed by atoms with van der Waals surface area (Å²) < 4.78 is 10.9. The van der Waals surface area contributed by atoms with Gasteiger partial charge in [0.05, 0.1) is 12.3 Å². The van der Waals surface area contributed by atoms with Crippen molar-refractivity contribution in [1.82, 2.24) is 10.3 Å². The van der Waals surface area contributed by atoms with Crippen molar-refractivity contribution in [2.45, 2.75) is 53.0 Å². The third kappa shape index (κ3) is 5.67. The second-order valence-corrected chi connectivity index (χ2v) is 6.57. The van der Waals surface area contributed by atoms with Gasteiger partial charge >= 0.3 is 5.97 Å². The van der Waals surface area contributed by atoms with Crippen LogP contribution in [0, 0.1) is 12.8 Å². The van der Waals surface area contributed by atoms with Crippen molar-refractivity contribution in [3.05, 3.63) is 41.9 Å². The first-order chi connectivity index (χ1) is 13.0. The van der Waals surface area contributed by atoms with E-state index in [1.165, 1.54) is 0 Å². The van der Waals surface area contributed by atoms with Gasteiger partial charge in [-0.25, -0.2) is 9.78 Å². The van der Waals surface area contributed by atoms with Crippen LogP contribution >= 0.6 is 0 Å². The number of aryl methyl sites for hydroxylation is 2. The Balaban J connectivity index is 1.97. The van der Waals surface area contributed by atoms with E-state index >= 15 is 0 Å². The standard InChI is InChI=1S/C21H28N2O4/c1-5-14(3)19(21(25)26-6-2)23-17(24)12-13-18-22-15(4)20(27-18)16-10-8-7-9-11-16/h7-11,14,19H,5-6,12-13H2,1-4H3,(H,23,24)/t14-,19+/m1/s1. The number of oxazole rings is 1. The molecular weight excluding hydrogens is 344 g/mol. The molecule has 2 atom stereocenters. The van der Waals surface area contributed by atoms with Crippen molar-refractivity contribution >= 4 is 11.9 Å². The van der Waals surface area contributed by atoms with E-state index < -0.39 is 12.0 Å². The maximum absolute atomic E-state index is 12.3. The van der Waals surface area contributed by atoms with Gasteiger partial charge in [0.15, 0.2) is 11.7 Å². The monoisotopic (exact) mass is 372 g/mol. The Morgan fingerprint density at radius 3 is 2.56 bits per heavy atom. The summed E-state index contributed by atoms with van der Waals surface area (Å²) in [6.07, 6.45) is 1.33. The lowest BCUT2D eigenvalue weighted by molar-refractivity contribution is -0.149. The number of aromatic nitrogens is 1. The average molecular weight is 372 g/mol. The number of hydrogen-bond donors (Lipinski definition) is 1. The van der Waals surface area contributed by atoms with E-state index in [1.54, 1.807) is 6.92 Å². The van der Waals surface area contributed by atoms with Gasteiger partial charge in [-0.2, -0.15) is 0 Å². The van der Waals surface area contributed by atoms with Crippen molar-refractivity contribution in [3.8, 4) is 11.3 Å². The quantitative estimate of drug-likeness (QED) is 0.679. The van der Waals surface area contributed by atoms with Gasteiger partial charge in [0, 0.05) is 18.4 Å². The molecule has 1 N–H and O–H groups in total. The van der Waals surface area contributed by atoms with Crippen LogP contribution in [0.25, 0.3) is 11.3 Å². The number of nitrogens with zero attached hydrogens (tertiary/aromatic N) is 1. The minimum atomic E-state index is -0.631. The lowest BCUT2D eigenvalue weighted by Gasteiger charge is -2.22. The zero-order valence-corrected chi connectivity index (χ0v) is 16.5. The van der Waals surface area contributed by atoms with Crippen LogP contribution in [-0.4, -0.2) is 29.5 Å². The largest absolute Gasteiger partial charge is 0.464 e. The van der Waals surface area contributed by atoms with Gasteiger partial charge in [-0.15, -0.1) is 0 Å². The maximum atomic E-state index is 12.3. The second kappa shape index (κ2) is 9.90. The fraction of sp³-hybridized carbons (Fsp3) is 0.476. The van der Waals surface area contributed by atoms with Gasteiger partial charge in [-0.05, 0) is 19.8 Å². The molecule has 2 aromatic rings. The van der Waals surface area contributed by atoms with Crippen molar-refractivity contribution < 1.29 is 18.7 Å². The minimum absolute atomic E-state index is 0.00154. The van der Waals surface area contributed by atoms with Crippen LogP contribution in [0.3, 0.4) is 0 Å². The fourth-order valence-corrected chi connectivity index (χ4v) is 2.78. The number of ether oxygens (including phenoxy) is 1. The molecule has 27 heavy (non-hydrogen) atoms. The van der Waals surface area contributed by atoms with Crippen LogP contribution in [0.5, 0.6) is 0 Å². The van der Waals surface area contributed by atoms with Crippen LogP contribution in [-0.2, 0) is 20.7 Å². The van der Waals surface area contributed by atoms with Gasteiger partial charge in [-0.1, -0.05) is 50.6 Å². The second-order valence-electron chi connectivity index (χ2n) is 6.57. The number of carbonyl (C=O) groups excluding carboxylic acids is 2. The summed E-state index contributed by atoms with van der Waals surface area (Å²) in [5, 5.41) is 2.79. The topological polar surface area (TPSA) is 81.4 Å². The van der Waals surface area contributed by atoms with Crippen LogP contribution in [0.1, 0.15) is 45.2 Å². The molecular formula is C21H28N2O4. The lowest BCUT2D eigenvalue weighted by atomic mass is 9.99. The molecule has 0 fully saturated rings. The molecule has 0 aliphatic rings. The van der Waals surface area contributed by atoms with Crippen LogP contribution in [0.2, 0.25) is 0 Å². The van der Waals surface area contributed by atoms with E-state index in [0.29, 0.717) is 18.9 Å². The average Bonchev–Trinajstić information content (AvgIpc) is 3.05. The molecule has 0 bridgehead atoms. The number of rotatable bonds is 9. The molecule has 1 aromatic heterocycles. The van der Waals surface area contributed by atoms with Gasteiger partial charge in [0.2, 0.25) is 5.91 Å². The van der Waals surface area contributed by atoms with Gasteiger partial charge in [-0.3, -0.25) is 4.79 Å². The Labute approximate surface area is 160 Å². The molecule has 2 rings (SSSR count). The highest BCUT2D eigenvalue weighted by Crippen LogP contribution is 2.24. The summed E-state index contributed by atoms with van der Waals surface area (Å²) in [5.41, 5.74) is 1.75. The summed E-state index contributed by atoms with van der Waals surface area (Å²) in [6, 6.07) is 9.11. The first kappa shape index (κ1) is 20.7. The van der Waals surface area contributed by atoms with E-state index in [9.17, 15) is 9.59 Å². The van der Waals surface area contributed by atoms with Gasteiger partial charge in [0.1, 0.15) is 6.04 Å². The summed E-state index contributed by atoms with van der Waals surface area (Å²) in [6.45, 7) is 7.83. The highest BCUT2D eigenvalue weighted by atomic mass is 16.5. The van der Waals surface area contributed by atoms with E-state index in [4.69, 9.17) is 9.15 Å². The van der Waals surface area contributed by atoms with Crippen LogP contribution < -0.4 is 5.32 Å². The number of amides is 1. The van der Waals surface area contributed by atoms with E-state index in [1.807, 2.05) is 51.1 Å². The summed E-state index contributed by atoms with van der Waals surface area (Å²) >= 11 is 0. The van der Waals surface area contributed by atoms with Gasteiger partial charge < -0.3 is 14.5 Å². The predicted molar refractivity (Wildman–Crippen MR) is 103 cm³/mol. The Morgan fingerprint density at radius 2 is 1.93 bits per heavy atom. The van der Waals surface area contributed by atoms with Crippen molar-refractivity contribution in [3.63, 3.8) is 0 Å². The highest BCUT2D eigenvalue weighted by Gasteiger charge is 2.27. The molecule has 1 aromatic carbocycles. The Bertz CT molecular complexity index is 755. The first-order valence-corrected chi connectivity index (χ1v) is 9.43. The summed E-state index contributed by atoms with van der Waals surface area (Å²) in [5.74, 6) is 0.624. The molecule has 6 nitrogen and oxygen atoms in total. The Kier molecular flexibility index (Phi) is 7.58. The highest BCUT2D eigenvalue weighted by molar-refractivity contribution is 5.84. The molecule has 0 saturated heterocycles. The van der Waals surface area contributed by atoms with Gasteiger partial charge in [0.25, 0.3) is 0 Å². The van der Waals surface area contributed by atoms with Crippen molar-refractivity contribution in [1.29, 1.82) is 0 Å². The molecule has 0 saturated carbocycles. The fourth-order valence-electron chi connectivity index (χ4n) is 2.78. The smallest absolute Gasteiger partial charge is 0.328 e. The van der Waals surface area contributed by atoms with Crippen molar-refractivity contribution in [2.75, 3.05) is 6.61 Å². The Hall–Kier alpha value is -2.63. The number of benzene rings is 1. The maximum Gasteiger partial charge on any atom is 0.328 e. The molecule has 1 amide bonds. The molecule has 146 valence electrons. The van der Waals surface area contributed by atoms with Crippen LogP contribution in [0.4, 0.5) is 0 Å². The number of nitrogens with one attached hydrogen (secondary N) is 1. The van der Waals surface area contributed by atoms with Crippen LogP contribution in [0.15, 0.2) is 34.7 Å². The predicted octanol–water partition coefficient (Wildman–Crippen LogP) is 3.68. The zero-order chi connectivity index (χ0) is 19.8. The normalized spacial score (nSPS) is 13.0. The molecule has 0 radical (unpaired) electrons. The third-order valence-electron chi connectivity index (χ3n) is 4.51.